The maximum absolute atomic E-state index is 11.8. The third-order valence-electron chi connectivity index (χ3n) is 4.34. The Labute approximate surface area is 114 Å². The molecule has 0 amide bonds. The summed E-state index contributed by atoms with van der Waals surface area (Å²) in [7, 11) is -2.87. The van der Waals surface area contributed by atoms with E-state index >= 15 is 0 Å². The van der Waals surface area contributed by atoms with E-state index in [-0.39, 0.29) is 5.25 Å². The summed E-state index contributed by atoms with van der Waals surface area (Å²) in [4.78, 5) is 4.33. The lowest BCUT2D eigenvalue weighted by Crippen LogP contribution is -2.26. The fraction of sp³-hybridized carbons (Fsp3) is 0.769. The van der Waals surface area contributed by atoms with E-state index in [1.165, 1.54) is 25.7 Å². The number of hydrogen-bond acceptors (Lipinski definition) is 4. The smallest absolute Gasteiger partial charge is 0.203 e. The van der Waals surface area contributed by atoms with Crippen molar-refractivity contribution >= 4 is 15.8 Å². The van der Waals surface area contributed by atoms with Gasteiger partial charge in [0, 0.05) is 25.0 Å². The van der Waals surface area contributed by atoms with Crippen molar-refractivity contribution in [2.45, 2.75) is 49.8 Å². The van der Waals surface area contributed by atoms with Crippen LogP contribution in [0.1, 0.15) is 44.6 Å². The van der Waals surface area contributed by atoms with Crippen molar-refractivity contribution in [3.8, 4) is 0 Å². The lowest BCUT2D eigenvalue weighted by Gasteiger charge is -2.17. The second-order valence-corrected chi connectivity index (χ2v) is 8.01. The van der Waals surface area contributed by atoms with E-state index in [9.17, 15) is 8.42 Å². The van der Waals surface area contributed by atoms with Gasteiger partial charge in [0.05, 0.1) is 11.0 Å². The highest BCUT2D eigenvalue weighted by atomic mass is 32.2. The fourth-order valence-corrected chi connectivity index (χ4v) is 4.99. The summed E-state index contributed by atoms with van der Waals surface area (Å²) >= 11 is 0. The van der Waals surface area contributed by atoms with Crippen molar-refractivity contribution in [3.05, 3.63) is 12.4 Å². The molecule has 0 spiro atoms. The number of sulfone groups is 1. The van der Waals surface area contributed by atoms with Crippen LogP contribution in [-0.4, -0.2) is 35.5 Å². The summed E-state index contributed by atoms with van der Waals surface area (Å²) in [6.07, 6.45) is 10.3. The van der Waals surface area contributed by atoms with Gasteiger partial charge in [0.15, 0.2) is 9.84 Å². The first-order valence-corrected chi connectivity index (χ1v) is 8.86. The van der Waals surface area contributed by atoms with Gasteiger partial charge in [0.2, 0.25) is 5.95 Å². The molecule has 1 atom stereocenters. The predicted octanol–water partition coefficient (Wildman–Crippen LogP) is 1.99. The van der Waals surface area contributed by atoms with E-state index in [2.05, 4.69) is 14.9 Å². The highest BCUT2D eigenvalue weighted by Crippen LogP contribution is 2.31. The Balaban J connectivity index is 1.66. The van der Waals surface area contributed by atoms with Gasteiger partial charge in [-0.1, -0.05) is 12.8 Å². The summed E-state index contributed by atoms with van der Waals surface area (Å²) < 4.78 is 25.8. The zero-order valence-corrected chi connectivity index (χ0v) is 11.9. The van der Waals surface area contributed by atoms with Crippen molar-refractivity contribution < 1.29 is 8.42 Å². The average Bonchev–Trinajstić information content (AvgIpc) is 3.05. The second-order valence-electron chi connectivity index (χ2n) is 5.61. The normalized spacial score (nSPS) is 26.8. The summed E-state index contributed by atoms with van der Waals surface area (Å²) in [5.41, 5.74) is 0. The standard InChI is InChI=1S/C13H21N3O2S/c17-19(18)9-3-6-12(19)10-15-13-14-7-8-16(13)11-4-1-2-5-11/h7-8,11-12H,1-6,9-10H2,(H,14,15). The van der Waals surface area contributed by atoms with Gasteiger partial charge < -0.3 is 9.88 Å². The van der Waals surface area contributed by atoms with E-state index < -0.39 is 9.84 Å². The molecule has 1 aliphatic heterocycles. The molecule has 5 nitrogen and oxygen atoms in total. The molecule has 1 saturated heterocycles. The molecule has 0 bridgehead atoms. The third kappa shape index (κ3) is 2.63. The van der Waals surface area contributed by atoms with E-state index in [0.29, 0.717) is 18.3 Å². The van der Waals surface area contributed by atoms with Crippen LogP contribution < -0.4 is 5.32 Å². The quantitative estimate of drug-likeness (QED) is 0.918. The van der Waals surface area contributed by atoms with Crippen LogP contribution in [0.15, 0.2) is 12.4 Å². The zero-order valence-electron chi connectivity index (χ0n) is 11.1. The molecule has 2 aliphatic rings. The van der Waals surface area contributed by atoms with Crippen LogP contribution in [0.2, 0.25) is 0 Å². The predicted molar refractivity (Wildman–Crippen MR) is 75.0 cm³/mol. The van der Waals surface area contributed by atoms with Crippen LogP contribution in [0, 0.1) is 0 Å². The van der Waals surface area contributed by atoms with Crippen LogP contribution in [0.25, 0.3) is 0 Å². The maximum atomic E-state index is 11.8. The van der Waals surface area contributed by atoms with Crippen LogP contribution in [-0.2, 0) is 9.84 Å². The minimum atomic E-state index is -2.87. The van der Waals surface area contributed by atoms with Crippen molar-refractivity contribution in [2.75, 3.05) is 17.6 Å². The number of nitrogens with one attached hydrogen (secondary N) is 1. The number of imidazole rings is 1. The van der Waals surface area contributed by atoms with Gasteiger partial charge >= 0.3 is 0 Å². The van der Waals surface area contributed by atoms with Gasteiger partial charge in [-0.2, -0.15) is 0 Å². The summed E-state index contributed by atoms with van der Waals surface area (Å²) in [6.45, 7) is 0.492. The Morgan fingerprint density at radius 1 is 1.26 bits per heavy atom. The SMILES string of the molecule is O=S1(=O)CCCC1CNc1nccn1C1CCCC1. The largest absolute Gasteiger partial charge is 0.354 e. The highest BCUT2D eigenvalue weighted by molar-refractivity contribution is 7.92. The zero-order chi connectivity index (χ0) is 13.3. The second kappa shape index (κ2) is 5.15. The molecule has 2 heterocycles. The molecule has 1 saturated carbocycles. The molecule has 1 aromatic heterocycles. The average molecular weight is 283 g/mol. The number of rotatable bonds is 4. The topological polar surface area (TPSA) is 64.0 Å². The van der Waals surface area contributed by atoms with Crippen molar-refractivity contribution in [1.82, 2.24) is 9.55 Å². The van der Waals surface area contributed by atoms with Crippen molar-refractivity contribution in [3.63, 3.8) is 0 Å². The number of anilines is 1. The molecule has 19 heavy (non-hydrogen) atoms. The maximum Gasteiger partial charge on any atom is 0.203 e. The molecule has 1 aromatic rings. The molecule has 106 valence electrons. The summed E-state index contributed by atoms with van der Waals surface area (Å²) in [6, 6.07) is 0.533. The third-order valence-corrected chi connectivity index (χ3v) is 6.61. The number of nitrogens with zero attached hydrogens (tertiary/aromatic N) is 2. The molecular weight excluding hydrogens is 262 g/mol. The van der Waals surface area contributed by atoms with Crippen LogP contribution in [0.3, 0.4) is 0 Å². The molecule has 6 heteroatoms. The molecule has 0 aromatic carbocycles. The van der Waals surface area contributed by atoms with E-state index in [4.69, 9.17) is 0 Å². The highest BCUT2D eigenvalue weighted by Gasteiger charge is 2.31. The minimum absolute atomic E-state index is 0.235. The first-order valence-electron chi connectivity index (χ1n) is 7.15. The molecule has 3 rings (SSSR count). The minimum Gasteiger partial charge on any atom is -0.354 e. The molecule has 2 fully saturated rings. The van der Waals surface area contributed by atoms with Gasteiger partial charge in [-0.05, 0) is 25.7 Å². The molecular formula is C13H21N3O2S. The van der Waals surface area contributed by atoms with E-state index in [0.717, 1.165) is 18.8 Å². The summed E-state index contributed by atoms with van der Waals surface area (Å²) in [5, 5.41) is 3.01. The lowest BCUT2D eigenvalue weighted by molar-refractivity contribution is 0.522. The Kier molecular flexibility index (Phi) is 3.52. The van der Waals surface area contributed by atoms with Gasteiger partial charge in [0.25, 0.3) is 0 Å². The van der Waals surface area contributed by atoms with Crippen LogP contribution in [0.5, 0.6) is 0 Å². The monoisotopic (exact) mass is 283 g/mol. The first-order chi connectivity index (χ1) is 9.17. The van der Waals surface area contributed by atoms with Gasteiger partial charge in [0.1, 0.15) is 0 Å². The lowest BCUT2D eigenvalue weighted by atomic mass is 10.2. The van der Waals surface area contributed by atoms with Crippen molar-refractivity contribution in [1.29, 1.82) is 0 Å². The van der Waals surface area contributed by atoms with Gasteiger partial charge in [-0.3, -0.25) is 0 Å². The number of aromatic nitrogens is 2. The molecule has 1 unspecified atom stereocenters. The Morgan fingerprint density at radius 3 is 2.74 bits per heavy atom. The summed E-state index contributed by atoms with van der Waals surface area (Å²) in [5.74, 6) is 1.17. The van der Waals surface area contributed by atoms with Gasteiger partial charge in [-0.25, -0.2) is 13.4 Å². The number of hydrogen-bond donors (Lipinski definition) is 1. The Bertz CT molecular complexity index is 532. The molecule has 0 radical (unpaired) electrons. The van der Waals surface area contributed by atoms with Crippen LogP contribution in [0.4, 0.5) is 5.95 Å². The molecule has 1 aliphatic carbocycles. The fourth-order valence-electron chi connectivity index (χ4n) is 3.22. The van der Waals surface area contributed by atoms with E-state index in [1.807, 2.05) is 6.20 Å². The Morgan fingerprint density at radius 2 is 2.05 bits per heavy atom. The van der Waals surface area contributed by atoms with Crippen molar-refractivity contribution in [2.24, 2.45) is 0 Å². The van der Waals surface area contributed by atoms with Crippen LogP contribution >= 0.6 is 0 Å². The molecule has 1 N–H and O–H groups in total. The van der Waals surface area contributed by atoms with Gasteiger partial charge in [-0.15, -0.1) is 0 Å². The first kappa shape index (κ1) is 13.0. The van der Waals surface area contributed by atoms with E-state index in [1.54, 1.807) is 6.20 Å². The Hall–Kier alpha value is -1.04.